The van der Waals surface area contributed by atoms with Gasteiger partial charge in [-0.1, -0.05) is 23.7 Å². The van der Waals surface area contributed by atoms with Crippen LogP contribution in [0.3, 0.4) is 0 Å². The fourth-order valence-corrected chi connectivity index (χ4v) is 2.71. The monoisotopic (exact) mass is 324 g/mol. The number of carbonyl (C=O) groups excluding carboxylic acids is 2. The topological polar surface area (TPSA) is 58.6 Å². The highest BCUT2D eigenvalue weighted by atomic mass is 35.5. The minimum atomic E-state index is -0.149. The molecule has 1 fully saturated rings. The quantitative estimate of drug-likeness (QED) is 0.846. The van der Waals surface area contributed by atoms with Gasteiger partial charge in [0.05, 0.1) is 29.8 Å². The van der Waals surface area contributed by atoms with Gasteiger partial charge >= 0.3 is 5.97 Å². The fourth-order valence-electron chi connectivity index (χ4n) is 2.51. The smallest absolute Gasteiger partial charge is 0.309 e. The van der Waals surface area contributed by atoms with Crippen LogP contribution in [-0.2, 0) is 14.3 Å². The number of carbonyl (C=O) groups is 2. The SMILES string of the molecule is CCOC(=O)C1CCN(C(=O)CNc2ccccc2Cl)CC1. The predicted octanol–water partition coefficient (Wildman–Crippen LogP) is 2.55. The van der Waals surface area contributed by atoms with Crippen LogP contribution in [0.4, 0.5) is 5.69 Å². The van der Waals surface area contributed by atoms with Crippen molar-refractivity contribution < 1.29 is 14.3 Å². The third kappa shape index (κ3) is 4.37. The molecule has 1 heterocycles. The molecule has 0 aromatic heterocycles. The van der Waals surface area contributed by atoms with Crippen LogP contribution in [0.1, 0.15) is 19.8 Å². The zero-order valence-corrected chi connectivity index (χ0v) is 13.4. The summed E-state index contributed by atoms with van der Waals surface area (Å²) in [6, 6.07) is 7.32. The number of amides is 1. The first-order valence-electron chi connectivity index (χ1n) is 7.54. The minimum absolute atomic E-state index is 0.0160. The second-order valence-electron chi connectivity index (χ2n) is 5.24. The van der Waals surface area contributed by atoms with Crippen LogP contribution in [-0.4, -0.2) is 43.0 Å². The summed E-state index contributed by atoms with van der Waals surface area (Å²) in [5, 5.41) is 3.64. The second-order valence-corrected chi connectivity index (χ2v) is 5.65. The van der Waals surface area contributed by atoms with Crippen LogP contribution < -0.4 is 5.32 Å². The van der Waals surface area contributed by atoms with E-state index in [1.807, 2.05) is 18.2 Å². The van der Waals surface area contributed by atoms with Gasteiger partial charge in [0.1, 0.15) is 0 Å². The van der Waals surface area contributed by atoms with E-state index in [2.05, 4.69) is 5.32 Å². The number of para-hydroxylation sites is 1. The Labute approximate surface area is 135 Å². The summed E-state index contributed by atoms with van der Waals surface area (Å²) in [5.74, 6) is -0.216. The number of anilines is 1. The standard InChI is InChI=1S/C16H21ClN2O3/c1-2-22-16(21)12-7-9-19(10-8-12)15(20)11-18-14-6-4-3-5-13(14)17/h3-6,12,18H,2,7-11H2,1H3. The first-order valence-corrected chi connectivity index (χ1v) is 7.92. The molecule has 1 aromatic carbocycles. The molecule has 22 heavy (non-hydrogen) atoms. The zero-order valence-electron chi connectivity index (χ0n) is 12.7. The van der Waals surface area contributed by atoms with Gasteiger partial charge in [-0.25, -0.2) is 0 Å². The van der Waals surface area contributed by atoms with E-state index in [-0.39, 0.29) is 24.3 Å². The lowest BCUT2D eigenvalue weighted by Gasteiger charge is -2.31. The van der Waals surface area contributed by atoms with E-state index >= 15 is 0 Å². The van der Waals surface area contributed by atoms with Crippen molar-refractivity contribution in [3.8, 4) is 0 Å². The molecule has 120 valence electrons. The van der Waals surface area contributed by atoms with Gasteiger partial charge in [-0.3, -0.25) is 9.59 Å². The third-order valence-electron chi connectivity index (χ3n) is 3.77. The molecular formula is C16H21ClN2O3. The van der Waals surface area contributed by atoms with Crippen LogP contribution in [0, 0.1) is 5.92 Å². The molecule has 1 aromatic rings. The summed E-state index contributed by atoms with van der Waals surface area (Å²) in [6.07, 6.45) is 1.33. The Kier molecular flexibility index (Phi) is 6.07. The minimum Gasteiger partial charge on any atom is -0.466 e. The molecule has 1 aliphatic heterocycles. The number of likely N-dealkylation sites (tertiary alicyclic amines) is 1. The highest BCUT2D eigenvalue weighted by Gasteiger charge is 2.27. The molecule has 5 nitrogen and oxygen atoms in total. The van der Waals surface area contributed by atoms with Crippen molar-refractivity contribution in [2.75, 3.05) is 31.6 Å². The Morgan fingerprint density at radius 1 is 1.32 bits per heavy atom. The Morgan fingerprint density at radius 2 is 2.00 bits per heavy atom. The maximum absolute atomic E-state index is 12.2. The Balaban J connectivity index is 1.78. The van der Waals surface area contributed by atoms with Crippen molar-refractivity contribution in [1.29, 1.82) is 0 Å². The van der Waals surface area contributed by atoms with Gasteiger partial charge < -0.3 is 15.0 Å². The number of rotatable bonds is 5. The lowest BCUT2D eigenvalue weighted by atomic mass is 9.97. The van der Waals surface area contributed by atoms with Crippen LogP contribution >= 0.6 is 11.6 Å². The van der Waals surface area contributed by atoms with Crippen LogP contribution in [0.2, 0.25) is 5.02 Å². The molecule has 1 saturated heterocycles. The van der Waals surface area contributed by atoms with Crippen molar-refractivity contribution in [2.24, 2.45) is 5.92 Å². The molecule has 0 atom stereocenters. The molecule has 2 rings (SSSR count). The zero-order chi connectivity index (χ0) is 15.9. The van der Waals surface area contributed by atoms with E-state index in [4.69, 9.17) is 16.3 Å². The molecule has 0 aliphatic carbocycles. The summed E-state index contributed by atoms with van der Waals surface area (Å²) in [7, 11) is 0. The summed E-state index contributed by atoms with van der Waals surface area (Å²) in [6.45, 7) is 3.59. The Hall–Kier alpha value is -1.75. The van der Waals surface area contributed by atoms with Gasteiger partial charge in [0, 0.05) is 13.1 Å². The normalized spacial score (nSPS) is 15.5. The van der Waals surface area contributed by atoms with Gasteiger partial charge in [-0.15, -0.1) is 0 Å². The average molecular weight is 325 g/mol. The molecular weight excluding hydrogens is 304 g/mol. The van der Waals surface area contributed by atoms with Crippen molar-refractivity contribution in [3.63, 3.8) is 0 Å². The number of ether oxygens (including phenoxy) is 1. The maximum Gasteiger partial charge on any atom is 0.309 e. The van der Waals surface area contributed by atoms with Gasteiger partial charge in [0.15, 0.2) is 0 Å². The van der Waals surface area contributed by atoms with Gasteiger partial charge in [0.2, 0.25) is 5.91 Å². The third-order valence-corrected chi connectivity index (χ3v) is 4.10. The number of esters is 1. The van der Waals surface area contributed by atoms with Crippen molar-refractivity contribution in [3.05, 3.63) is 29.3 Å². The predicted molar refractivity (Wildman–Crippen MR) is 85.9 cm³/mol. The molecule has 0 spiro atoms. The Morgan fingerprint density at radius 3 is 2.64 bits per heavy atom. The summed E-state index contributed by atoms with van der Waals surface area (Å²) >= 11 is 6.04. The van der Waals surface area contributed by atoms with E-state index in [0.29, 0.717) is 37.6 Å². The molecule has 1 aliphatic rings. The van der Waals surface area contributed by atoms with E-state index < -0.39 is 0 Å². The number of nitrogens with zero attached hydrogens (tertiary/aromatic N) is 1. The van der Waals surface area contributed by atoms with Gasteiger partial charge in [-0.2, -0.15) is 0 Å². The molecule has 6 heteroatoms. The molecule has 0 radical (unpaired) electrons. The Bertz CT molecular complexity index is 528. The van der Waals surface area contributed by atoms with E-state index in [0.717, 1.165) is 5.69 Å². The molecule has 1 amide bonds. The van der Waals surface area contributed by atoms with Crippen LogP contribution in [0.5, 0.6) is 0 Å². The number of hydrogen-bond donors (Lipinski definition) is 1. The highest BCUT2D eigenvalue weighted by molar-refractivity contribution is 6.33. The van der Waals surface area contributed by atoms with Crippen LogP contribution in [0.15, 0.2) is 24.3 Å². The van der Waals surface area contributed by atoms with Crippen molar-refractivity contribution >= 4 is 29.2 Å². The van der Waals surface area contributed by atoms with E-state index in [9.17, 15) is 9.59 Å². The van der Waals surface area contributed by atoms with Crippen LogP contribution in [0.25, 0.3) is 0 Å². The van der Waals surface area contributed by atoms with Crippen molar-refractivity contribution in [1.82, 2.24) is 4.90 Å². The van der Waals surface area contributed by atoms with E-state index in [1.165, 1.54) is 0 Å². The number of halogens is 1. The number of piperidine rings is 1. The molecule has 1 N–H and O–H groups in total. The maximum atomic E-state index is 12.2. The lowest BCUT2D eigenvalue weighted by Crippen LogP contribution is -2.43. The summed E-state index contributed by atoms with van der Waals surface area (Å²) in [5.41, 5.74) is 0.749. The lowest BCUT2D eigenvalue weighted by molar-refractivity contribution is -0.151. The van der Waals surface area contributed by atoms with E-state index in [1.54, 1.807) is 17.9 Å². The fraction of sp³-hybridized carbons (Fsp3) is 0.500. The van der Waals surface area contributed by atoms with Crippen molar-refractivity contribution in [2.45, 2.75) is 19.8 Å². The van der Waals surface area contributed by atoms with Gasteiger partial charge in [0.25, 0.3) is 0 Å². The summed E-state index contributed by atoms with van der Waals surface area (Å²) in [4.78, 5) is 25.6. The largest absolute Gasteiger partial charge is 0.466 e. The molecule has 0 unspecified atom stereocenters. The van der Waals surface area contributed by atoms with Gasteiger partial charge in [-0.05, 0) is 31.9 Å². The second kappa shape index (κ2) is 8.03. The molecule has 0 saturated carbocycles. The highest BCUT2D eigenvalue weighted by Crippen LogP contribution is 2.21. The molecule has 0 bridgehead atoms. The average Bonchev–Trinajstić information content (AvgIpc) is 2.54. The first-order chi connectivity index (χ1) is 10.6. The number of nitrogens with one attached hydrogen (secondary N) is 1. The summed E-state index contributed by atoms with van der Waals surface area (Å²) < 4.78 is 5.03. The number of hydrogen-bond acceptors (Lipinski definition) is 4. The number of benzene rings is 1. The first kappa shape index (κ1) is 16.6.